The Kier molecular flexibility index (Phi) is 4.10. The van der Waals surface area contributed by atoms with E-state index in [4.69, 9.17) is 5.73 Å². The van der Waals surface area contributed by atoms with E-state index in [0.717, 1.165) is 22.3 Å². The van der Waals surface area contributed by atoms with Crippen LogP contribution in [0.25, 0.3) is 22.2 Å². The second-order valence-corrected chi connectivity index (χ2v) is 5.93. The lowest BCUT2D eigenvalue weighted by atomic mass is 10.1. The molecule has 2 heterocycles. The van der Waals surface area contributed by atoms with Crippen LogP contribution in [0, 0.1) is 0 Å². The van der Waals surface area contributed by atoms with Gasteiger partial charge >= 0.3 is 0 Å². The van der Waals surface area contributed by atoms with Gasteiger partial charge in [0.25, 0.3) is 0 Å². The van der Waals surface area contributed by atoms with Crippen LogP contribution < -0.4 is 11.1 Å². The lowest BCUT2D eigenvalue weighted by Crippen LogP contribution is -2.08. The van der Waals surface area contributed by atoms with Gasteiger partial charge in [-0.05, 0) is 24.6 Å². The summed E-state index contributed by atoms with van der Waals surface area (Å²) in [6.45, 7) is 2.10. The largest absolute Gasteiger partial charge is 0.366 e. The van der Waals surface area contributed by atoms with E-state index in [0.29, 0.717) is 5.69 Å². The third-order valence-electron chi connectivity index (χ3n) is 4.16. The fourth-order valence-corrected chi connectivity index (χ4v) is 2.78. The number of fused-ring (bicyclic) bond motifs is 1. The quantitative estimate of drug-likeness (QED) is 0.586. The van der Waals surface area contributed by atoms with Crippen LogP contribution >= 0.6 is 0 Å². The number of rotatable bonds is 4. The molecular weight excluding hydrogens is 326 g/mol. The molecule has 0 aliphatic heterocycles. The molecule has 128 valence electrons. The van der Waals surface area contributed by atoms with Gasteiger partial charge in [0.05, 0.1) is 11.7 Å². The summed E-state index contributed by atoms with van der Waals surface area (Å²) in [6.07, 6.45) is 3.17. The number of nitrogens with zero attached hydrogens (tertiary/aromatic N) is 5. The van der Waals surface area contributed by atoms with Crippen molar-refractivity contribution >= 4 is 22.7 Å². The number of anilines is 2. The molecule has 2 aromatic heterocycles. The summed E-state index contributed by atoms with van der Waals surface area (Å²) >= 11 is 0. The third-order valence-corrected chi connectivity index (χ3v) is 4.16. The summed E-state index contributed by atoms with van der Waals surface area (Å²) in [5, 5.41) is 12.3. The molecule has 1 unspecified atom stereocenters. The van der Waals surface area contributed by atoms with Crippen LogP contribution in [0.5, 0.6) is 0 Å². The SMILES string of the molecule is CC(Nc1ncnc2ccc(-c3cnc(N)nn3)cc12)c1ccccc1. The van der Waals surface area contributed by atoms with Crippen LogP contribution in [0.4, 0.5) is 11.8 Å². The van der Waals surface area contributed by atoms with E-state index < -0.39 is 0 Å². The standard InChI is InChI=1S/C19H17N7/c1-12(13-5-3-2-4-6-13)24-18-15-9-14(7-8-16(15)22-11-23-18)17-10-21-19(20)26-25-17/h2-12H,1H3,(H2,20,21,26)(H,22,23,24). The second kappa shape index (κ2) is 6.72. The average Bonchev–Trinajstić information content (AvgIpc) is 2.69. The van der Waals surface area contributed by atoms with E-state index in [1.807, 2.05) is 36.4 Å². The number of nitrogens with two attached hydrogens (primary N) is 1. The van der Waals surface area contributed by atoms with Gasteiger partial charge in [-0.3, -0.25) is 0 Å². The van der Waals surface area contributed by atoms with E-state index in [2.05, 4.69) is 49.5 Å². The third kappa shape index (κ3) is 3.14. The predicted octanol–water partition coefficient (Wildman–Crippen LogP) is 3.24. The number of aromatic nitrogens is 5. The first kappa shape index (κ1) is 15.9. The predicted molar refractivity (Wildman–Crippen MR) is 101 cm³/mol. The Labute approximate surface area is 150 Å². The first-order valence-electron chi connectivity index (χ1n) is 8.22. The zero-order valence-electron chi connectivity index (χ0n) is 14.2. The Hall–Kier alpha value is -3.61. The normalized spacial score (nSPS) is 12.0. The van der Waals surface area contributed by atoms with Crippen LogP contribution in [0.1, 0.15) is 18.5 Å². The molecule has 0 aliphatic rings. The molecule has 0 saturated carbocycles. The van der Waals surface area contributed by atoms with Gasteiger partial charge in [0.1, 0.15) is 17.8 Å². The summed E-state index contributed by atoms with van der Waals surface area (Å²) in [5.41, 5.74) is 9.07. The topological polar surface area (TPSA) is 102 Å². The van der Waals surface area contributed by atoms with Gasteiger partial charge in [-0.1, -0.05) is 36.4 Å². The molecule has 0 aliphatic carbocycles. The fraction of sp³-hybridized carbons (Fsp3) is 0.105. The monoisotopic (exact) mass is 343 g/mol. The van der Waals surface area contributed by atoms with Crippen LogP contribution in [-0.2, 0) is 0 Å². The van der Waals surface area contributed by atoms with Crippen LogP contribution in [0.2, 0.25) is 0 Å². The highest BCUT2D eigenvalue weighted by molar-refractivity contribution is 5.92. The summed E-state index contributed by atoms with van der Waals surface area (Å²) in [5.74, 6) is 0.918. The van der Waals surface area contributed by atoms with E-state index in [1.165, 1.54) is 5.56 Å². The lowest BCUT2D eigenvalue weighted by molar-refractivity contribution is 0.876. The van der Waals surface area contributed by atoms with Crippen molar-refractivity contribution < 1.29 is 0 Å². The molecule has 0 radical (unpaired) electrons. The molecule has 7 nitrogen and oxygen atoms in total. The van der Waals surface area contributed by atoms with Gasteiger partial charge in [0, 0.05) is 17.0 Å². The molecule has 7 heteroatoms. The molecule has 0 fully saturated rings. The smallest absolute Gasteiger partial charge is 0.240 e. The van der Waals surface area contributed by atoms with Crippen molar-refractivity contribution in [2.24, 2.45) is 0 Å². The average molecular weight is 343 g/mol. The van der Waals surface area contributed by atoms with Crippen LogP contribution in [0.15, 0.2) is 61.1 Å². The van der Waals surface area contributed by atoms with E-state index >= 15 is 0 Å². The maximum Gasteiger partial charge on any atom is 0.240 e. The molecule has 4 aromatic rings. The Balaban J connectivity index is 1.73. The second-order valence-electron chi connectivity index (χ2n) is 5.93. The van der Waals surface area contributed by atoms with E-state index in [1.54, 1.807) is 12.5 Å². The Morgan fingerprint density at radius 1 is 0.962 bits per heavy atom. The van der Waals surface area contributed by atoms with Gasteiger partial charge in [-0.25, -0.2) is 15.0 Å². The van der Waals surface area contributed by atoms with Crippen molar-refractivity contribution in [1.82, 2.24) is 25.1 Å². The maximum atomic E-state index is 5.51. The van der Waals surface area contributed by atoms with Crippen molar-refractivity contribution in [1.29, 1.82) is 0 Å². The summed E-state index contributed by atoms with van der Waals surface area (Å²) in [4.78, 5) is 12.8. The van der Waals surface area contributed by atoms with E-state index in [9.17, 15) is 0 Å². The summed E-state index contributed by atoms with van der Waals surface area (Å²) in [6, 6.07) is 16.2. The molecule has 2 aromatic carbocycles. The number of benzene rings is 2. The van der Waals surface area contributed by atoms with Crippen LogP contribution in [0.3, 0.4) is 0 Å². The summed E-state index contributed by atoms with van der Waals surface area (Å²) in [7, 11) is 0. The van der Waals surface area contributed by atoms with Crippen molar-refractivity contribution in [3.05, 3.63) is 66.6 Å². The Morgan fingerprint density at radius 2 is 1.81 bits per heavy atom. The Morgan fingerprint density at radius 3 is 2.58 bits per heavy atom. The van der Waals surface area contributed by atoms with Gasteiger partial charge in [0.2, 0.25) is 5.95 Å². The molecule has 0 spiro atoms. The highest BCUT2D eigenvalue weighted by Gasteiger charge is 2.11. The van der Waals surface area contributed by atoms with Crippen molar-refractivity contribution in [3.63, 3.8) is 0 Å². The zero-order chi connectivity index (χ0) is 17.9. The number of hydrogen-bond acceptors (Lipinski definition) is 7. The molecule has 0 amide bonds. The first-order valence-corrected chi connectivity index (χ1v) is 8.22. The number of hydrogen-bond donors (Lipinski definition) is 2. The Bertz CT molecular complexity index is 1030. The minimum Gasteiger partial charge on any atom is -0.366 e. The fourth-order valence-electron chi connectivity index (χ4n) is 2.78. The van der Waals surface area contributed by atoms with Gasteiger partial charge in [-0.2, -0.15) is 0 Å². The molecular formula is C19H17N7. The minimum atomic E-state index is 0.107. The van der Waals surface area contributed by atoms with Crippen LogP contribution in [-0.4, -0.2) is 25.1 Å². The van der Waals surface area contributed by atoms with Crippen molar-refractivity contribution in [2.75, 3.05) is 11.1 Å². The highest BCUT2D eigenvalue weighted by atomic mass is 15.2. The lowest BCUT2D eigenvalue weighted by Gasteiger charge is -2.16. The number of nitrogen functional groups attached to an aromatic ring is 1. The summed E-state index contributed by atoms with van der Waals surface area (Å²) < 4.78 is 0. The zero-order valence-corrected chi connectivity index (χ0v) is 14.2. The van der Waals surface area contributed by atoms with Gasteiger partial charge in [0.15, 0.2) is 0 Å². The molecule has 4 rings (SSSR count). The molecule has 0 bridgehead atoms. The van der Waals surface area contributed by atoms with E-state index in [-0.39, 0.29) is 12.0 Å². The minimum absolute atomic E-state index is 0.107. The maximum absolute atomic E-state index is 5.51. The first-order chi connectivity index (χ1) is 12.7. The van der Waals surface area contributed by atoms with Crippen molar-refractivity contribution in [3.8, 4) is 11.3 Å². The van der Waals surface area contributed by atoms with Gasteiger partial charge in [-0.15, -0.1) is 10.2 Å². The molecule has 3 N–H and O–H groups in total. The van der Waals surface area contributed by atoms with Crippen molar-refractivity contribution in [2.45, 2.75) is 13.0 Å². The highest BCUT2D eigenvalue weighted by Crippen LogP contribution is 2.27. The molecule has 26 heavy (non-hydrogen) atoms. The number of nitrogens with one attached hydrogen (secondary N) is 1. The van der Waals surface area contributed by atoms with Gasteiger partial charge < -0.3 is 11.1 Å². The molecule has 1 atom stereocenters. The molecule has 0 saturated heterocycles.